The fourth-order valence-corrected chi connectivity index (χ4v) is 6.04. The number of benzene rings is 4. The van der Waals surface area contributed by atoms with Crippen LogP contribution in [0, 0.1) is 0 Å². The van der Waals surface area contributed by atoms with Crippen LogP contribution >= 0.6 is 7.92 Å². The smallest absolute Gasteiger partial charge is 0.443 e. The molecule has 5 aromatic rings. The maximum Gasteiger partial charge on any atom is 1.00 e. The number of fused-ring (bicyclic) bond motifs is 1. The van der Waals surface area contributed by atoms with Crippen LogP contribution in [0.1, 0.15) is 20.8 Å². The summed E-state index contributed by atoms with van der Waals surface area (Å²) in [6.45, 7) is 5.57. The molecule has 4 aromatic carbocycles. The van der Waals surface area contributed by atoms with Crippen molar-refractivity contribution in [2.45, 2.75) is 26.4 Å². The molecule has 0 amide bonds. The summed E-state index contributed by atoms with van der Waals surface area (Å²) in [6, 6.07) is 42.0. The van der Waals surface area contributed by atoms with Gasteiger partial charge in [-0.25, -0.2) is 4.79 Å². The second-order valence-corrected chi connectivity index (χ2v) is 11.3. The third-order valence-electron chi connectivity index (χ3n) is 5.23. The first kappa shape index (κ1) is 27.6. The molecule has 5 heteroatoms. The number of nitrogens with zero attached hydrogens (tertiary/aromatic N) is 1. The Labute approximate surface area is 230 Å². The van der Waals surface area contributed by atoms with Gasteiger partial charge < -0.3 is 4.74 Å². The first-order valence-electron chi connectivity index (χ1n) is 11.7. The molecule has 3 nitrogen and oxygen atoms in total. The third kappa shape index (κ3) is 7.29. The van der Waals surface area contributed by atoms with Crippen LogP contribution in [-0.4, -0.2) is 16.3 Å². The number of ether oxygens (including phenoxy) is 1. The molecule has 0 atom stereocenters. The predicted octanol–water partition coefficient (Wildman–Crippen LogP) is 6.87. The monoisotopic (exact) mass is 676 g/mol. The van der Waals surface area contributed by atoms with Gasteiger partial charge in [-0.05, 0) is 56.7 Å². The van der Waals surface area contributed by atoms with Gasteiger partial charge in [0.15, 0.2) is 0 Å². The Morgan fingerprint density at radius 2 is 1.06 bits per heavy atom. The number of carbonyl (C=O) groups is 1. The Morgan fingerprint density at radius 1 is 0.639 bits per heavy atom. The summed E-state index contributed by atoms with van der Waals surface area (Å²) in [4.78, 5) is 11.9. The van der Waals surface area contributed by atoms with Crippen molar-refractivity contribution in [3.8, 4) is 0 Å². The van der Waals surface area contributed by atoms with Crippen molar-refractivity contribution in [2.75, 3.05) is 0 Å². The first-order valence-corrected chi connectivity index (χ1v) is 13.0. The number of para-hydroxylation sites is 1. The number of carbonyl (C=O) groups excluding carboxylic acids is 1. The molecule has 0 saturated carbocycles. The van der Waals surface area contributed by atoms with Crippen molar-refractivity contribution in [3.63, 3.8) is 0 Å². The Morgan fingerprint density at radius 3 is 1.50 bits per heavy atom. The number of hydrogen-bond acceptors (Lipinski definition) is 2. The molecule has 5 rings (SSSR count). The zero-order valence-corrected chi connectivity index (χ0v) is 23.7. The normalized spacial score (nSPS) is 10.8. The summed E-state index contributed by atoms with van der Waals surface area (Å²) in [5.41, 5.74) is 0.402. The van der Waals surface area contributed by atoms with E-state index < -0.39 is 13.5 Å². The molecule has 0 saturated heterocycles. The van der Waals surface area contributed by atoms with E-state index in [2.05, 4.69) is 91.0 Å². The zero-order chi connectivity index (χ0) is 24.7. The minimum atomic E-state index is -0.470. The van der Waals surface area contributed by atoms with E-state index in [0.29, 0.717) is 0 Å². The van der Waals surface area contributed by atoms with Gasteiger partial charge in [-0.2, -0.15) is 0 Å². The van der Waals surface area contributed by atoms with Gasteiger partial charge in [0.25, 0.3) is 0 Å². The van der Waals surface area contributed by atoms with E-state index in [9.17, 15) is 4.79 Å². The first-order chi connectivity index (χ1) is 16.9. The van der Waals surface area contributed by atoms with Crippen molar-refractivity contribution in [2.24, 2.45) is 0 Å². The molecule has 0 aliphatic heterocycles. The van der Waals surface area contributed by atoms with E-state index in [4.69, 9.17) is 4.74 Å². The molecular weight excluding hydrogens is 646 g/mol. The van der Waals surface area contributed by atoms with Crippen molar-refractivity contribution in [1.82, 2.24) is 4.57 Å². The van der Waals surface area contributed by atoms with Crippen LogP contribution in [0.15, 0.2) is 128 Å². The summed E-state index contributed by atoms with van der Waals surface area (Å²) in [7, 11) is -0.446. The van der Waals surface area contributed by atoms with Crippen LogP contribution in [0.5, 0.6) is 0 Å². The largest absolute Gasteiger partial charge is 1.00 e. The number of rotatable bonds is 3. The minimum Gasteiger partial charge on any atom is -0.443 e. The maximum absolute atomic E-state index is 11.9. The molecule has 1 heterocycles. The molecule has 0 radical (unpaired) electrons. The van der Waals surface area contributed by atoms with Crippen LogP contribution in [0.2, 0.25) is 0 Å². The fourth-order valence-electron chi connectivity index (χ4n) is 3.73. The predicted molar refractivity (Wildman–Crippen MR) is 149 cm³/mol. The van der Waals surface area contributed by atoms with Crippen LogP contribution in [0.25, 0.3) is 10.9 Å². The molecule has 0 spiro atoms. The number of hydrogen-bond donors (Lipinski definition) is 0. The average Bonchev–Trinajstić information content (AvgIpc) is 3.30. The van der Waals surface area contributed by atoms with Gasteiger partial charge in [0, 0.05) is 11.6 Å². The SMILES string of the molecule is CC(C)(C)OC(=O)n1ccc2ccccc21.[Au+].c1ccc(P(c2ccccc2)c2ccccc2)cc1. The van der Waals surface area contributed by atoms with Crippen LogP contribution in [0.4, 0.5) is 4.79 Å². The van der Waals surface area contributed by atoms with Gasteiger partial charge in [-0.3, -0.25) is 4.57 Å². The van der Waals surface area contributed by atoms with Crippen LogP contribution < -0.4 is 15.9 Å². The fraction of sp³-hybridized carbons (Fsp3) is 0.129. The van der Waals surface area contributed by atoms with Crippen molar-refractivity contribution >= 4 is 40.8 Å². The van der Waals surface area contributed by atoms with Gasteiger partial charge in [0.2, 0.25) is 0 Å². The Bertz CT molecular complexity index is 1270. The van der Waals surface area contributed by atoms with E-state index in [1.807, 2.05) is 51.1 Å². The zero-order valence-electron chi connectivity index (χ0n) is 20.6. The second-order valence-electron chi connectivity index (χ2n) is 9.07. The van der Waals surface area contributed by atoms with Crippen LogP contribution in [0.3, 0.4) is 0 Å². The van der Waals surface area contributed by atoms with Gasteiger partial charge in [-0.1, -0.05) is 109 Å². The summed E-state index contributed by atoms with van der Waals surface area (Å²) in [5.74, 6) is 0. The topological polar surface area (TPSA) is 31.2 Å². The van der Waals surface area contributed by atoms with Crippen LogP contribution in [-0.2, 0) is 27.1 Å². The summed E-state index contributed by atoms with van der Waals surface area (Å²) >= 11 is 0. The third-order valence-corrected chi connectivity index (χ3v) is 7.68. The molecule has 0 unspecified atom stereocenters. The van der Waals surface area contributed by atoms with E-state index in [0.717, 1.165) is 10.9 Å². The van der Waals surface area contributed by atoms with Crippen molar-refractivity contribution in [1.29, 1.82) is 0 Å². The molecule has 1 aromatic heterocycles. The molecule has 0 fully saturated rings. The van der Waals surface area contributed by atoms with Gasteiger partial charge in [0.05, 0.1) is 5.52 Å². The summed E-state index contributed by atoms with van der Waals surface area (Å²) in [6.07, 6.45) is 1.40. The molecular formula is C31H30AuNO2P+. The van der Waals surface area contributed by atoms with Gasteiger partial charge in [0.1, 0.15) is 5.60 Å². The minimum absolute atomic E-state index is 0. The summed E-state index contributed by atoms with van der Waals surface area (Å²) in [5, 5.41) is 5.23. The van der Waals surface area contributed by atoms with Gasteiger partial charge >= 0.3 is 28.5 Å². The molecule has 0 N–H and O–H groups in total. The van der Waals surface area contributed by atoms with E-state index in [-0.39, 0.29) is 28.5 Å². The maximum atomic E-state index is 11.9. The average molecular weight is 677 g/mol. The van der Waals surface area contributed by atoms with E-state index >= 15 is 0 Å². The van der Waals surface area contributed by atoms with E-state index in [1.165, 1.54) is 20.5 Å². The quantitative estimate of drug-likeness (QED) is 0.155. The molecule has 0 bridgehead atoms. The Hall–Kier alpha value is -2.94. The van der Waals surface area contributed by atoms with Crippen molar-refractivity contribution < 1.29 is 31.9 Å². The van der Waals surface area contributed by atoms with Gasteiger partial charge in [-0.15, -0.1) is 0 Å². The molecule has 36 heavy (non-hydrogen) atoms. The Kier molecular flexibility index (Phi) is 9.87. The standard InChI is InChI=1S/C18H15P.C13H15NO2.Au/c1-4-10-16(11-5-1)19(17-12-6-2-7-13-17)18-14-8-3-9-15-18;1-13(2,3)16-12(15)14-9-8-10-6-4-5-7-11(10)14;/h1-15H;4-9H,1-3H3;/q;;+1. The second kappa shape index (κ2) is 12.9. The number of aromatic nitrogens is 1. The molecule has 186 valence electrons. The van der Waals surface area contributed by atoms with Crippen molar-refractivity contribution in [3.05, 3.63) is 128 Å². The molecule has 0 aliphatic carbocycles. The molecule has 0 aliphatic rings. The Balaban J connectivity index is 0.000000198. The van der Waals surface area contributed by atoms with E-state index in [1.54, 1.807) is 6.20 Å². The summed E-state index contributed by atoms with van der Waals surface area (Å²) < 4.78 is 6.84.